The zero-order valence-electron chi connectivity index (χ0n) is 55.2. The highest BCUT2D eigenvalue weighted by molar-refractivity contribution is 7.27. The van der Waals surface area contributed by atoms with Crippen molar-refractivity contribution in [2.24, 2.45) is 0 Å². The Balaban J connectivity index is 0.942. The molecule has 0 bridgehead atoms. The highest BCUT2D eigenvalue weighted by Crippen LogP contribution is 2.50. The minimum absolute atomic E-state index is 0.360. The van der Waals surface area contributed by atoms with Gasteiger partial charge in [0.25, 0.3) is 6.71 Å². The molecule has 0 spiro atoms. The zero-order chi connectivity index (χ0) is 66.4. The van der Waals surface area contributed by atoms with Gasteiger partial charge in [0.05, 0.1) is 17.0 Å². The predicted molar refractivity (Wildman–Crippen MR) is 422 cm³/mol. The standard InChI is InChI=1S/C92H64BN5OSi/c1-61-39-43-69(44-40-61)96(70-45-47-78-76-35-16-15-33-74(76)75-34-17-18-36-77(75)80(78)57-70)71-46-48-83-86(58-71)98(85-49-41-65(63-23-7-3-8-24-63)55-81(85)79-37-19-20-38-84(79)97(67-27-11-5-12-28-67)68-29-13-6-14-30-68)87-53-62(2)54-89-90(87)93(83)92-91(82-56-66(42-50-88(82)99-92)64-25-9-4-10-26-64)100(89,72-31-21-51-94-59-72)73-32-22-52-95-60-73/h3-60H,1-2H3. The Kier molecular flexibility index (Phi) is 14.0. The van der Waals surface area contributed by atoms with Crippen LogP contribution in [-0.4, -0.2) is 24.8 Å². The highest BCUT2D eigenvalue weighted by Gasteiger charge is 2.57. The van der Waals surface area contributed by atoms with Gasteiger partial charge in [-0.1, -0.05) is 224 Å². The molecule has 8 heteroatoms. The molecular formula is C92H64BN5OSi. The van der Waals surface area contributed by atoms with E-state index in [1.165, 1.54) is 53.7 Å². The maximum absolute atomic E-state index is 7.83. The number of hydrogen-bond acceptors (Lipinski definition) is 6. The second-order valence-corrected chi connectivity index (χ2v) is 30.2. The van der Waals surface area contributed by atoms with Crippen molar-refractivity contribution in [3.05, 3.63) is 363 Å². The summed E-state index contributed by atoms with van der Waals surface area (Å²) in [5.41, 5.74) is 22.6. The molecule has 2 aliphatic rings. The van der Waals surface area contributed by atoms with Gasteiger partial charge >= 0.3 is 0 Å². The lowest BCUT2D eigenvalue weighted by Gasteiger charge is -2.46. The number of hydrogen-bond donors (Lipinski definition) is 0. The molecule has 2 aliphatic heterocycles. The van der Waals surface area contributed by atoms with E-state index in [0.717, 1.165) is 123 Å². The third-order valence-electron chi connectivity index (χ3n) is 20.8. The molecule has 0 saturated carbocycles. The van der Waals surface area contributed by atoms with Crippen molar-refractivity contribution in [1.29, 1.82) is 0 Å². The fourth-order valence-corrected chi connectivity index (χ4v) is 21.8. The van der Waals surface area contributed by atoms with E-state index in [4.69, 9.17) is 14.4 Å². The third kappa shape index (κ3) is 9.39. The predicted octanol–water partition coefficient (Wildman–Crippen LogP) is 19.2. The smallest absolute Gasteiger partial charge is 0.291 e. The van der Waals surface area contributed by atoms with E-state index in [0.29, 0.717) is 0 Å². The molecule has 6 nitrogen and oxygen atoms in total. The number of furan rings is 1. The van der Waals surface area contributed by atoms with E-state index in [2.05, 4.69) is 369 Å². The summed E-state index contributed by atoms with van der Waals surface area (Å²) >= 11 is 0. The maximum Gasteiger partial charge on any atom is 0.291 e. The highest BCUT2D eigenvalue weighted by atomic mass is 28.3. The van der Waals surface area contributed by atoms with Crippen molar-refractivity contribution in [3.63, 3.8) is 0 Å². The number of rotatable bonds is 12. The molecule has 19 rings (SSSR count). The summed E-state index contributed by atoms with van der Waals surface area (Å²) < 4.78 is 7.83. The van der Waals surface area contributed by atoms with Gasteiger partial charge in [0.1, 0.15) is 5.58 Å². The van der Waals surface area contributed by atoms with Crippen molar-refractivity contribution < 1.29 is 4.42 Å². The molecule has 14 aromatic carbocycles. The first-order valence-electron chi connectivity index (χ1n) is 34.4. The SMILES string of the molecule is Cc1ccc(N(c2ccc3c(c2)N(c2ccc(-c4ccccc4)cc2-c2ccccc2N(c2ccccc2)c2ccccc2)c2cc(C)cc4c2B3c2oc3ccc(-c5ccccc5)cc3c2[Si]4(c2cccnc2)c2cccnc2)c2ccc3c4ccccc4c4ccccc4c3c2)cc1. The van der Waals surface area contributed by atoms with Crippen LogP contribution in [0.15, 0.2) is 357 Å². The van der Waals surface area contributed by atoms with Gasteiger partial charge in [-0.05, 0) is 215 Å². The maximum atomic E-state index is 7.83. The lowest BCUT2D eigenvalue weighted by Crippen LogP contribution is -2.87. The molecular weight excluding hydrogens is 1230 g/mol. The van der Waals surface area contributed by atoms with Gasteiger partial charge in [-0.25, -0.2) is 0 Å². The third-order valence-corrected chi connectivity index (χ3v) is 25.6. The average molecular weight is 1290 g/mol. The molecule has 470 valence electrons. The van der Waals surface area contributed by atoms with Gasteiger partial charge in [-0.3, -0.25) is 9.97 Å². The van der Waals surface area contributed by atoms with Crippen LogP contribution in [0.3, 0.4) is 0 Å². The molecule has 0 unspecified atom stereocenters. The van der Waals surface area contributed by atoms with E-state index in [1.807, 2.05) is 12.4 Å². The fraction of sp³-hybridized carbons (Fsp3) is 0.0217. The van der Waals surface area contributed by atoms with E-state index >= 15 is 0 Å². The molecule has 0 atom stereocenters. The fourth-order valence-electron chi connectivity index (χ4n) is 16.5. The van der Waals surface area contributed by atoms with Crippen LogP contribution < -0.4 is 52.0 Å². The van der Waals surface area contributed by atoms with E-state index in [9.17, 15) is 0 Å². The molecule has 100 heavy (non-hydrogen) atoms. The quantitative estimate of drug-likeness (QED) is 0.0897. The number of para-hydroxylation sites is 3. The van der Waals surface area contributed by atoms with E-state index in [-0.39, 0.29) is 6.71 Å². The monoisotopic (exact) mass is 1290 g/mol. The molecule has 0 N–H and O–H groups in total. The Morgan fingerprint density at radius 1 is 0.350 bits per heavy atom. The first kappa shape index (κ1) is 58.7. The molecule has 3 aromatic heterocycles. The van der Waals surface area contributed by atoms with Gasteiger partial charge < -0.3 is 19.1 Å². The summed E-state index contributed by atoms with van der Waals surface area (Å²) in [4.78, 5) is 17.6. The minimum Gasteiger partial charge on any atom is -0.470 e. The summed E-state index contributed by atoms with van der Waals surface area (Å²) in [6, 6.07) is 121. The Bertz CT molecular complexity index is 5900. The van der Waals surface area contributed by atoms with Crippen molar-refractivity contribution in [1.82, 2.24) is 9.97 Å². The lowest BCUT2D eigenvalue weighted by atomic mass is 9.36. The van der Waals surface area contributed by atoms with Crippen LogP contribution in [0.25, 0.3) is 76.7 Å². The first-order chi connectivity index (χ1) is 49.4. The second-order valence-electron chi connectivity index (χ2n) is 26.5. The number of benzene rings is 14. The van der Waals surface area contributed by atoms with Crippen LogP contribution in [0, 0.1) is 13.8 Å². The van der Waals surface area contributed by atoms with Crippen molar-refractivity contribution >= 4 is 147 Å². The van der Waals surface area contributed by atoms with Crippen LogP contribution in [-0.2, 0) is 0 Å². The molecule has 0 aliphatic carbocycles. The van der Waals surface area contributed by atoms with Gasteiger partial charge in [-0.15, -0.1) is 0 Å². The van der Waals surface area contributed by atoms with Crippen LogP contribution in [0.5, 0.6) is 0 Å². The van der Waals surface area contributed by atoms with Crippen molar-refractivity contribution in [2.45, 2.75) is 13.8 Å². The lowest BCUT2D eigenvalue weighted by molar-refractivity contribution is 0.653. The summed E-state index contributed by atoms with van der Waals surface area (Å²) in [6.45, 7) is 4.10. The average Bonchev–Trinajstić information content (AvgIpc) is 1.50. The number of aryl methyl sites for hydroxylation is 2. The number of aromatic nitrogens is 2. The number of fused-ring (bicyclic) bond motifs is 12. The van der Waals surface area contributed by atoms with Gasteiger partial charge in [0.15, 0.2) is 8.07 Å². The topological polar surface area (TPSA) is 48.6 Å². The summed E-state index contributed by atoms with van der Waals surface area (Å²) in [5, 5.41) is 13.3. The summed E-state index contributed by atoms with van der Waals surface area (Å²) in [5.74, 6) is 0. The molecule has 0 saturated heterocycles. The second kappa shape index (κ2) is 23.9. The summed E-state index contributed by atoms with van der Waals surface area (Å²) in [7, 11) is -3.52. The molecule has 0 amide bonds. The van der Waals surface area contributed by atoms with Crippen molar-refractivity contribution in [2.75, 3.05) is 14.7 Å². The first-order valence-corrected chi connectivity index (χ1v) is 36.4. The minimum atomic E-state index is -3.52. The Labute approximate surface area is 582 Å². The Morgan fingerprint density at radius 2 is 0.880 bits per heavy atom. The Morgan fingerprint density at radius 3 is 1.51 bits per heavy atom. The van der Waals surface area contributed by atoms with Gasteiger partial charge in [-0.2, -0.15) is 0 Å². The van der Waals surface area contributed by atoms with Gasteiger partial charge in [0, 0.05) is 81.1 Å². The zero-order valence-corrected chi connectivity index (χ0v) is 56.2. The number of pyridine rings is 2. The van der Waals surface area contributed by atoms with E-state index < -0.39 is 8.07 Å². The van der Waals surface area contributed by atoms with E-state index in [1.54, 1.807) is 0 Å². The molecule has 5 heterocycles. The largest absolute Gasteiger partial charge is 0.470 e. The van der Waals surface area contributed by atoms with Crippen LogP contribution >= 0.6 is 0 Å². The number of anilines is 9. The molecule has 17 aromatic rings. The molecule has 0 radical (unpaired) electrons. The van der Waals surface area contributed by atoms with Crippen LogP contribution in [0.1, 0.15) is 11.1 Å². The van der Waals surface area contributed by atoms with Crippen LogP contribution in [0.4, 0.5) is 51.2 Å². The van der Waals surface area contributed by atoms with Gasteiger partial charge in [0.2, 0.25) is 0 Å². The summed E-state index contributed by atoms with van der Waals surface area (Å²) in [6.07, 6.45) is 8.06. The Hall–Kier alpha value is -12.6. The normalized spacial score (nSPS) is 12.7. The molecule has 0 fully saturated rings. The number of nitrogens with zero attached hydrogens (tertiary/aromatic N) is 5. The van der Waals surface area contributed by atoms with Crippen LogP contribution in [0.2, 0.25) is 0 Å². The van der Waals surface area contributed by atoms with Crippen molar-refractivity contribution in [3.8, 4) is 33.4 Å².